The number of ether oxygens (including phenoxy) is 1. The zero-order chi connectivity index (χ0) is 15.3. The summed E-state index contributed by atoms with van der Waals surface area (Å²) < 4.78 is 28.6. The van der Waals surface area contributed by atoms with Gasteiger partial charge in [-0.15, -0.1) is 0 Å². The van der Waals surface area contributed by atoms with E-state index < -0.39 is 10.0 Å². The van der Waals surface area contributed by atoms with E-state index in [0.29, 0.717) is 25.3 Å². The van der Waals surface area contributed by atoms with Crippen molar-refractivity contribution >= 4 is 21.6 Å². The summed E-state index contributed by atoms with van der Waals surface area (Å²) in [7, 11) is -2.23. The fourth-order valence-electron chi connectivity index (χ4n) is 2.02. The molecule has 116 valence electrons. The molecule has 1 fully saturated rings. The second-order valence-corrected chi connectivity index (χ2v) is 6.22. The number of nitrogens with zero attached hydrogens (tertiary/aromatic N) is 1. The van der Waals surface area contributed by atoms with Crippen LogP contribution in [0.15, 0.2) is 29.2 Å². The fourth-order valence-corrected chi connectivity index (χ4v) is 2.85. The Morgan fingerprint density at radius 2 is 1.95 bits per heavy atom. The highest BCUT2D eigenvalue weighted by atomic mass is 32.2. The lowest BCUT2D eigenvalue weighted by molar-refractivity contribution is -0.117. The Labute approximate surface area is 123 Å². The van der Waals surface area contributed by atoms with Crippen LogP contribution in [0.4, 0.5) is 5.69 Å². The molecule has 1 saturated heterocycles. The van der Waals surface area contributed by atoms with Gasteiger partial charge in [0.15, 0.2) is 0 Å². The van der Waals surface area contributed by atoms with Gasteiger partial charge >= 0.3 is 0 Å². The number of carbonyl (C=O) groups is 1. The topological polar surface area (TPSA) is 84.9 Å². The number of nitrogens with one attached hydrogen (secondary N) is 1. The van der Waals surface area contributed by atoms with E-state index in [1.54, 1.807) is 17.0 Å². The quantitative estimate of drug-likeness (QED) is 0.590. The molecule has 0 bridgehead atoms. The molecular formula is C13H18N2O5S. The molecule has 0 aromatic heterocycles. The van der Waals surface area contributed by atoms with Gasteiger partial charge in [0.05, 0.1) is 18.1 Å². The van der Waals surface area contributed by atoms with Crippen LogP contribution in [0.1, 0.15) is 12.8 Å². The van der Waals surface area contributed by atoms with Crippen molar-refractivity contribution in [1.82, 2.24) is 4.89 Å². The van der Waals surface area contributed by atoms with Gasteiger partial charge in [0.25, 0.3) is 10.0 Å². The molecule has 1 amide bonds. The Morgan fingerprint density at radius 1 is 1.24 bits per heavy atom. The smallest absolute Gasteiger partial charge is 0.262 e. The largest absolute Gasteiger partial charge is 0.382 e. The monoisotopic (exact) mass is 314 g/mol. The second kappa shape index (κ2) is 6.99. The first-order valence-corrected chi connectivity index (χ1v) is 8.06. The van der Waals surface area contributed by atoms with Crippen LogP contribution in [0.2, 0.25) is 0 Å². The average Bonchev–Trinajstić information content (AvgIpc) is 2.90. The number of methoxy groups -OCH3 is 1. The lowest BCUT2D eigenvalue weighted by atomic mass is 10.3. The number of rotatable bonds is 7. The van der Waals surface area contributed by atoms with Crippen molar-refractivity contribution in [2.45, 2.75) is 17.7 Å². The van der Waals surface area contributed by atoms with Gasteiger partial charge in [-0.1, -0.05) is 4.89 Å². The van der Waals surface area contributed by atoms with Gasteiger partial charge in [-0.2, -0.15) is 0 Å². The van der Waals surface area contributed by atoms with E-state index in [-0.39, 0.29) is 17.4 Å². The molecule has 1 aliphatic heterocycles. The first kappa shape index (κ1) is 15.9. The molecule has 1 heterocycles. The number of amides is 1. The van der Waals surface area contributed by atoms with Crippen LogP contribution in [0, 0.1) is 0 Å². The third-order valence-electron chi connectivity index (χ3n) is 3.09. The SMILES string of the molecule is COCCONS(=O)(=O)c1ccc(N2CCCC2=O)cc1. The van der Waals surface area contributed by atoms with E-state index in [2.05, 4.69) is 0 Å². The van der Waals surface area contributed by atoms with E-state index in [1.165, 1.54) is 19.2 Å². The molecule has 8 heteroatoms. The predicted octanol–water partition coefficient (Wildman–Crippen LogP) is 0.670. The normalized spacial score (nSPS) is 15.7. The average molecular weight is 314 g/mol. The highest BCUT2D eigenvalue weighted by Gasteiger charge is 2.22. The molecule has 7 nitrogen and oxygen atoms in total. The standard InChI is InChI=1S/C13H18N2O5S/c1-19-9-10-20-14-21(17,18)12-6-4-11(5-7-12)15-8-2-3-13(15)16/h4-7,14H,2-3,8-10H2,1H3. The maximum Gasteiger partial charge on any atom is 0.262 e. The zero-order valence-corrected chi connectivity index (χ0v) is 12.6. The molecule has 0 radical (unpaired) electrons. The van der Waals surface area contributed by atoms with Gasteiger partial charge in [-0.05, 0) is 30.7 Å². The maximum absolute atomic E-state index is 11.9. The van der Waals surface area contributed by atoms with Crippen molar-refractivity contribution in [3.05, 3.63) is 24.3 Å². The minimum absolute atomic E-state index is 0.0617. The fraction of sp³-hybridized carbons (Fsp3) is 0.462. The first-order valence-electron chi connectivity index (χ1n) is 6.57. The van der Waals surface area contributed by atoms with E-state index in [1.807, 2.05) is 4.89 Å². The number of benzene rings is 1. The van der Waals surface area contributed by atoms with Crippen LogP contribution in [-0.2, 0) is 24.4 Å². The highest BCUT2D eigenvalue weighted by Crippen LogP contribution is 2.22. The highest BCUT2D eigenvalue weighted by molar-refractivity contribution is 7.89. The Kier molecular flexibility index (Phi) is 5.29. The molecule has 0 atom stereocenters. The summed E-state index contributed by atoms with van der Waals surface area (Å²) in [5, 5.41) is 0. The number of sulfonamides is 1. The van der Waals surface area contributed by atoms with Crippen molar-refractivity contribution in [3.63, 3.8) is 0 Å². The van der Waals surface area contributed by atoms with Crippen molar-refractivity contribution in [3.8, 4) is 0 Å². The van der Waals surface area contributed by atoms with E-state index in [4.69, 9.17) is 9.57 Å². The van der Waals surface area contributed by atoms with Gasteiger partial charge in [0.2, 0.25) is 5.91 Å². The third kappa shape index (κ3) is 4.01. The summed E-state index contributed by atoms with van der Waals surface area (Å²) in [6, 6.07) is 6.13. The zero-order valence-electron chi connectivity index (χ0n) is 11.7. The summed E-state index contributed by atoms with van der Waals surface area (Å²) in [6.07, 6.45) is 1.36. The number of hydrogen-bond donors (Lipinski definition) is 1. The second-order valence-electron chi connectivity index (χ2n) is 4.57. The Hall–Kier alpha value is -1.48. The summed E-state index contributed by atoms with van der Waals surface area (Å²) >= 11 is 0. The molecule has 21 heavy (non-hydrogen) atoms. The van der Waals surface area contributed by atoms with Crippen molar-refractivity contribution in [2.24, 2.45) is 0 Å². The molecule has 0 aliphatic carbocycles. The van der Waals surface area contributed by atoms with Crippen LogP contribution in [-0.4, -0.2) is 41.2 Å². The van der Waals surface area contributed by atoms with Crippen molar-refractivity contribution in [2.75, 3.05) is 31.8 Å². The molecule has 0 unspecified atom stereocenters. The molecule has 1 aliphatic rings. The van der Waals surface area contributed by atoms with Crippen LogP contribution >= 0.6 is 0 Å². The van der Waals surface area contributed by atoms with Crippen LogP contribution in [0.25, 0.3) is 0 Å². The molecule has 0 saturated carbocycles. The summed E-state index contributed by atoms with van der Waals surface area (Å²) in [5.41, 5.74) is 0.705. The number of anilines is 1. The van der Waals surface area contributed by atoms with Crippen molar-refractivity contribution < 1.29 is 22.8 Å². The van der Waals surface area contributed by atoms with Gasteiger partial charge in [0.1, 0.15) is 0 Å². The molecule has 1 N–H and O–H groups in total. The van der Waals surface area contributed by atoms with Crippen LogP contribution < -0.4 is 9.79 Å². The molecule has 1 aromatic rings. The van der Waals surface area contributed by atoms with Gasteiger partial charge in [-0.3, -0.25) is 9.63 Å². The maximum atomic E-state index is 11.9. The third-order valence-corrected chi connectivity index (χ3v) is 4.32. The van der Waals surface area contributed by atoms with Gasteiger partial charge in [0, 0.05) is 25.8 Å². The summed E-state index contributed by atoms with van der Waals surface area (Å²) in [6.45, 7) is 1.08. The lowest BCUT2D eigenvalue weighted by Gasteiger charge is -2.16. The minimum Gasteiger partial charge on any atom is -0.382 e. The van der Waals surface area contributed by atoms with E-state index >= 15 is 0 Å². The minimum atomic E-state index is -3.73. The molecule has 0 spiro atoms. The Morgan fingerprint density at radius 3 is 2.52 bits per heavy atom. The Balaban J connectivity index is 2.02. The van der Waals surface area contributed by atoms with Crippen LogP contribution in [0.5, 0.6) is 0 Å². The van der Waals surface area contributed by atoms with Crippen LogP contribution in [0.3, 0.4) is 0 Å². The van der Waals surface area contributed by atoms with Gasteiger partial charge < -0.3 is 9.64 Å². The summed E-state index contributed by atoms with van der Waals surface area (Å²) in [4.78, 5) is 20.2. The van der Waals surface area contributed by atoms with E-state index in [0.717, 1.165) is 6.42 Å². The molecular weight excluding hydrogens is 296 g/mol. The van der Waals surface area contributed by atoms with Gasteiger partial charge in [-0.25, -0.2) is 8.42 Å². The summed E-state index contributed by atoms with van der Waals surface area (Å²) in [5.74, 6) is 0.0617. The Bertz CT molecular complexity index is 585. The molecule has 2 rings (SSSR count). The predicted molar refractivity (Wildman–Crippen MR) is 76.2 cm³/mol. The number of hydrogen-bond acceptors (Lipinski definition) is 5. The van der Waals surface area contributed by atoms with Crippen molar-refractivity contribution in [1.29, 1.82) is 0 Å². The lowest BCUT2D eigenvalue weighted by Crippen LogP contribution is -2.26. The first-order chi connectivity index (χ1) is 10.0. The van der Waals surface area contributed by atoms with E-state index in [9.17, 15) is 13.2 Å². The molecule has 1 aromatic carbocycles. The number of carbonyl (C=O) groups excluding carboxylic acids is 1.